The minimum atomic E-state index is -0.534. The lowest BCUT2D eigenvalue weighted by Crippen LogP contribution is -2.52. The molecule has 0 fully saturated rings. The fourth-order valence-electron chi connectivity index (χ4n) is 1.97. The molecule has 0 saturated carbocycles. The Labute approximate surface area is 132 Å². The van der Waals surface area contributed by atoms with Crippen molar-refractivity contribution in [2.45, 2.75) is 58.7 Å². The Morgan fingerprint density at radius 3 is 2.36 bits per heavy atom. The van der Waals surface area contributed by atoms with Crippen LogP contribution in [0.2, 0.25) is 0 Å². The van der Waals surface area contributed by atoms with Crippen LogP contribution in [0.3, 0.4) is 0 Å². The topological polar surface area (TPSA) is 50.4 Å². The van der Waals surface area contributed by atoms with Crippen LogP contribution in [0.4, 0.5) is 9.18 Å². The number of carbonyl (C=O) groups excluding carboxylic acids is 1. The molecule has 4 nitrogen and oxygen atoms in total. The zero-order valence-corrected chi connectivity index (χ0v) is 14.3. The molecular formula is C17H27FN2O2. The van der Waals surface area contributed by atoms with Crippen LogP contribution in [0.1, 0.15) is 53.1 Å². The fraction of sp³-hybridized carbons (Fsp3) is 0.588. The second-order valence-corrected chi connectivity index (χ2v) is 7.13. The Kier molecular flexibility index (Phi) is 5.94. The van der Waals surface area contributed by atoms with E-state index in [0.29, 0.717) is 12.1 Å². The summed E-state index contributed by atoms with van der Waals surface area (Å²) >= 11 is 0. The third-order valence-electron chi connectivity index (χ3n) is 3.06. The summed E-state index contributed by atoms with van der Waals surface area (Å²) in [4.78, 5) is 11.8. The molecule has 0 aromatic heterocycles. The maximum Gasteiger partial charge on any atom is 0.408 e. The number of ether oxygens (including phenoxy) is 1. The van der Waals surface area contributed by atoms with Crippen LogP contribution in [-0.2, 0) is 4.74 Å². The van der Waals surface area contributed by atoms with Gasteiger partial charge in [-0.3, -0.25) is 0 Å². The predicted octanol–water partition coefficient (Wildman–Crippen LogP) is 3.78. The van der Waals surface area contributed by atoms with E-state index in [9.17, 15) is 9.18 Å². The Morgan fingerprint density at radius 2 is 1.82 bits per heavy atom. The quantitative estimate of drug-likeness (QED) is 0.870. The van der Waals surface area contributed by atoms with E-state index in [2.05, 4.69) is 10.6 Å². The van der Waals surface area contributed by atoms with E-state index in [1.165, 1.54) is 6.07 Å². The minimum Gasteiger partial charge on any atom is -0.444 e. The van der Waals surface area contributed by atoms with E-state index < -0.39 is 17.2 Å². The van der Waals surface area contributed by atoms with Crippen LogP contribution < -0.4 is 10.6 Å². The predicted molar refractivity (Wildman–Crippen MR) is 86.3 cm³/mol. The molecule has 0 spiro atoms. The summed E-state index contributed by atoms with van der Waals surface area (Å²) in [5.74, 6) is -0.236. The molecule has 1 unspecified atom stereocenters. The number of alkyl carbamates (subject to hydrolysis) is 1. The molecule has 0 bridgehead atoms. The Bertz CT molecular complexity index is 510. The number of carbonyl (C=O) groups is 1. The first kappa shape index (κ1) is 18.4. The van der Waals surface area contributed by atoms with Crippen molar-refractivity contribution in [3.8, 4) is 0 Å². The summed E-state index contributed by atoms with van der Waals surface area (Å²) < 4.78 is 19.0. The van der Waals surface area contributed by atoms with Gasteiger partial charge in [0.25, 0.3) is 0 Å². The van der Waals surface area contributed by atoms with Gasteiger partial charge in [0, 0.05) is 18.2 Å². The van der Waals surface area contributed by atoms with E-state index in [-0.39, 0.29) is 11.9 Å². The van der Waals surface area contributed by atoms with Crippen LogP contribution in [0, 0.1) is 5.82 Å². The lowest BCUT2D eigenvalue weighted by molar-refractivity contribution is 0.0471. The molecule has 5 heteroatoms. The number of halogens is 1. The van der Waals surface area contributed by atoms with Crippen molar-refractivity contribution >= 4 is 6.09 Å². The Morgan fingerprint density at radius 1 is 1.23 bits per heavy atom. The average molecular weight is 310 g/mol. The molecule has 0 aliphatic carbocycles. The summed E-state index contributed by atoms with van der Waals surface area (Å²) in [7, 11) is 0. The van der Waals surface area contributed by atoms with Crippen LogP contribution in [-0.4, -0.2) is 23.8 Å². The van der Waals surface area contributed by atoms with Crippen molar-refractivity contribution in [2.24, 2.45) is 0 Å². The number of amides is 1. The lowest BCUT2D eigenvalue weighted by Gasteiger charge is -2.30. The van der Waals surface area contributed by atoms with Crippen LogP contribution in [0.25, 0.3) is 0 Å². The standard InChI is InChI=1S/C17H27FN2O2/c1-12(13-9-7-8-10-14(13)18)19-11-17(5,6)20-15(21)22-16(2,3)4/h7-10,12,19H,11H2,1-6H3,(H,20,21). The number of hydrogen-bond donors (Lipinski definition) is 2. The first-order valence-corrected chi connectivity index (χ1v) is 7.49. The van der Waals surface area contributed by atoms with Crippen molar-refractivity contribution in [2.75, 3.05) is 6.54 Å². The van der Waals surface area contributed by atoms with E-state index >= 15 is 0 Å². The first-order chi connectivity index (χ1) is 10.0. The third-order valence-corrected chi connectivity index (χ3v) is 3.06. The molecule has 124 valence electrons. The molecule has 0 saturated heterocycles. The van der Waals surface area contributed by atoms with Crippen LogP contribution >= 0.6 is 0 Å². The maximum atomic E-state index is 13.7. The smallest absolute Gasteiger partial charge is 0.408 e. The molecule has 1 atom stereocenters. The normalized spacial score (nSPS) is 13.6. The molecule has 1 rings (SSSR count). The highest BCUT2D eigenvalue weighted by Gasteiger charge is 2.25. The van der Waals surface area contributed by atoms with E-state index in [0.717, 1.165) is 0 Å². The van der Waals surface area contributed by atoms with Gasteiger partial charge >= 0.3 is 6.09 Å². The molecule has 0 heterocycles. The van der Waals surface area contributed by atoms with Gasteiger partial charge in [-0.2, -0.15) is 0 Å². The molecule has 2 N–H and O–H groups in total. The van der Waals surface area contributed by atoms with Gasteiger partial charge in [0.1, 0.15) is 11.4 Å². The van der Waals surface area contributed by atoms with E-state index in [1.807, 2.05) is 41.5 Å². The second-order valence-electron chi connectivity index (χ2n) is 7.13. The van der Waals surface area contributed by atoms with Gasteiger partial charge in [-0.05, 0) is 47.6 Å². The zero-order chi connectivity index (χ0) is 17.0. The van der Waals surface area contributed by atoms with Gasteiger partial charge in [0.05, 0.1) is 5.54 Å². The van der Waals surface area contributed by atoms with Gasteiger partial charge in [-0.25, -0.2) is 9.18 Å². The number of benzene rings is 1. The summed E-state index contributed by atoms with van der Waals surface area (Å²) in [5.41, 5.74) is -0.439. The average Bonchev–Trinajstić information content (AvgIpc) is 2.33. The summed E-state index contributed by atoms with van der Waals surface area (Å²) in [6.07, 6.45) is -0.460. The third kappa shape index (κ3) is 6.43. The minimum absolute atomic E-state index is 0.152. The summed E-state index contributed by atoms with van der Waals surface area (Å²) in [6.45, 7) is 11.6. The van der Waals surface area contributed by atoms with Crippen molar-refractivity contribution in [1.82, 2.24) is 10.6 Å². The molecule has 0 radical (unpaired) electrons. The molecule has 0 aliphatic heterocycles. The summed E-state index contributed by atoms with van der Waals surface area (Å²) in [6, 6.07) is 6.51. The van der Waals surface area contributed by atoms with E-state index in [1.54, 1.807) is 18.2 Å². The van der Waals surface area contributed by atoms with Gasteiger partial charge in [0.2, 0.25) is 0 Å². The molecular weight excluding hydrogens is 283 g/mol. The second kappa shape index (κ2) is 7.09. The van der Waals surface area contributed by atoms with Crippen molar-refractivity contribution in [3.63, 3.8) is 0 Å². The number of hydrogen-bond acceptors (Lipinski definition) is 3. The lowest BCUT2D eigenvalue weighted by atomic mass is 10.0. The molecule has 1 aromatic carbocycles. The molecule has 1 amide bonds. The highest BCUT2D eigenvalue weighted by molar-refractivity contribution is 5.68. The zero-order valence-electron chi connectivity index (χ0n) is 14.3. The number of rotatable bonds is 5. The van der Waals surface area contributed by atoms with Crippen molar-refractivity contribution < 1.29 is 13.9 Å². The monoisotopic (exact) mass is 310 g/mol. The SMILES string of the molecule is CC(NCC(C)(C)NC(=O)OC(C)(C)C)c1ccccc1F. The van der Waals surface area contributed by atoms with Crippen LogP contribution in [0.15, 0.2) is 24.3 Å². The van der Waals surface area contributed by atoms with Gasteiger partial charge in [-0.15, -0.1) is 0 Å². The van der Waals surface area contributed by atoms with Crippen molar-refractivity contribution in [3.05, 3.63) is 35.6 Å². The van der Waals surface area contributed by atoms with Gasteiger partial charge in [0.15, 0.2) is 0 Å². The van der Waals surface area contributed by atoms with Crippen LogP contribution in [0.5, 0.6) is 0 Å². The van der Waals surface area contributed by atoms with Gasteiger partial charge in [-0.1, -0.05) is 18.2 Å². The maximum absolute atomic E-state index is 13.7. The number of nitrogens with one attached hydrogen (secondary N) is 2. The highest BCUT2D eigenvalue weighted by atomic mass is 19.1. The Balaban J connectivity index is 2.55. The fourth-order valence-corrected chi connectivity index (χ4v) is 1.97. The largest absolute Gasteiger partial charge is 0.444 e. The Hall–Kier alpha value is -1.62. The highest BCUT2D eigenvalue weighted by Crippen LogP contribution is 2.17. The summed E-state index contributed by atoms with van der Waals surface area (Å²) in [5, 5.41) is 6.05. The van der Waals surface area contributed by atoms with Crippen molar-refractivity contribution in [1.29, 1.82) is 0 Å². The molecule has 0 aliphatic rings. The van der Waals surface area contributed by atoms with E-state index in [4.69, 9.17) is 4.74 Å². The molecule has 22 heavy (non-hydrogen) atoms. The van der Waals surface area contributed by atoms with Gasteiger partial charge < -0.3 is 15.4 Å². The first-order valence-electron chi connectivity index (χ1n) is 7.49. The molecule has 1 aromatic rings.